The number of rotatable bonds is 0. The number of halogens is 1. The summed E-state index contributed by atoms with van der Waals surface area (Å²) in [6.45, 7) is 1.39. The molecule has 0 spiro atoms. The molecule has 1 aliphatic heterocycles. The topological polar surface area (TPSA) is 44.5 Å². The molecule has 0 bridgehead atoms. The Hall–Kier alpha value is 0.360. The van der Waals surface area contributed by atoms with Crippen LogP contribution in [-0.2, 0) is 9.47 Å². The second-order valence-electron chi connectivity index (χ2n) is 3.43. The molecular weight excluding hydrogens is 222 g/mol. The Balaban J connectivity index is 2.05. The van der Waals surface area contributed by atoms with E-state index in [1.165, 1.54) is 0 Å². The summed E-state index contributed by atoms with van der Waals surface area (Å²) < 4.78 is 11.2. The van der Waals surface area contributed by atoms with Crippen LogP contribution >= 0.6 is 15.9 Å². The van der Waals surface area contributed by atoms with E-state index in [2.05, 4.69) is 15.9 Å². The second kappa shape index (κ2) is 3.62. The van der Waals surface area contributed by atoms with Crippen LogP contribution in [0.25, 0.3) is 0 Å². The van der Waals surface area contributed by atoms with Gasteiger partial charge in [-0.2, -0.15) is 0 Å². The molecule has 0 aromatic carbocycles. The molecule has 0 aromatic rings. The third-order valence-electron chi connectivity index (χ3n) is 2.58. The minimum atomic E-state index is 0.108. The van der Waals surface area contributed by atoms with Crippen molar-refractivity contribution in [3.8, 4) is 0 Å². The number of hydrogen-bond donors (Lipinski definition) is 1. The monoisotopic (exact) mass is 235 g/mol. The predicted octanol–water partition coefficient (Wildman–Crippen LogP) is 0.655. The molecule has 1 saturated heterocycles. The molecule has 1 heterocycles. The Labute approximate surface area is 80.7 Å². The van der Waals surface area contributed by atoms with Crippen molar-refractivity contribution in [2.75, 3.05) is 13.2 Å². The maximum absolute atomic E-state index is 5.93. The normalized spacial score (nSPS) is 48.5. The van der Waals surface area contributed by atoms with Gasteiger partial charge >= 0.3 is 0 Å². The lowest BCUT2D eigenvalue weighted by molar-refractivity contribution is -0.156. The van der Waals surface area contributed by atoms with Crippen molar-refractivity contribution < 1.29 is 9.47 Å². The standard InChI is InChI=1S/C8H14BrNO2/c9-5-1-2-6(10)8-7(5)11-3-4-12-8/h5-8H,1-4,10H2. The van der Waals surface area contributed by atoms with Gasteiger partial charge in [-0.05, 0) is 12.8 Å². The van der Waals surface area contributed by atoms with Crippen LogP contribution in [-0.4, -0.2) is 36.3 Å². The van der Waals surface area contributed by atoms with Gasteiger partial charge in [0.25, 0.3) is 0 Å². The van der Waals surface area contributed by atoms with Gasteiger partial charge in [-0.1, -0.05) is 15.9 Å². The van der Waals surface area contributed by atoms with Crippen molar-refractivity contribution in [1.82, 2.24) is 0 Å². The van der Waals surface area contributed by atoms with Crippen LogP contribution < -0.4 is 5.73 Å². The van der Waals surface area contributed by atoms with E-state index >= 15 is 0 Å². The molecule has 2 rings (SSSR count). The maximum Gasteiger partial charge on any atom is 0.0999 e. The van der Waals surface area contributed by atoms with Gasteiger partial charge in [0.15, 0.2) is 0 Å². The molecule has 1 saturated carbocycles. The summed E-state index contributed by atoms with van der Waals surface area (Å²) >= 11 is 3.60. The first-order valence-corrected chi connectivity index (χ1v) is 5.33. The lowest BCUT2D eigenvalue weighted by Gasteiger charge is -2.41. The Morgan fingerprint density at radius 2 is 1.75 bits per heavy atom. The molecular formula is C8H14BrNO2. The summed E-state index contributed by atoms with van der Waals surface area (Å²) in [5.41, 5.74) is 5.93. The van der Waals surface area contributed by atoms with Crippen molar-refractivity contribution in [3.63, 3.8) is 0 Å². The summed E-state index contributed by atoms with van der Waals surface area (Å²) in [5.74, 6) is 0. The molecule has 1 aliphatic carbocycles. The molecule has 4 unspecified atom stereocenters. The van der Waals surface area contributed by atoms with Gasteiger partial charge in [-0.3, -0.25) is 0 Å². The minimum absolute atomic E-state index is 0.108. The van der Waals surface area contributed by atoms with Crippen molar-refractivity contribution in [2.45, 2.75) is 35.9 Å². The SMILES string of the molecule is NC1CCC(Br)C2OCCOC12. The largest absolute Gasteiger partial charge is 0.372 e. The fraction of sp³-hybridized carbons (Fsp3) is 1.00. The van der Waals surface area contributed by atoms with Gasteiger partial charge in [0, 0.05) is 10.9 Å². The van der Waals surface area contributed by atoms with E-state index in [0.717, 1.165) is 12.8 Å². The number of ether oxygens (including phenoxy) is 2. The number of hydrogen-bond acceptors (Lipinski definition) is 3. The van der Waals surface area contributed by atoms with Crippen LogP contribution in [0.2, 0.25) is 0 Å². The van der Waals surface area contributed by atoms with Crippen LogP contribution in [0.3, 0.4) is 0 Å². The zero-order valence-corrected chi connectivity index (χ0v) is 8.50. The number of alkyl halides is 1. The van der Waals surface area contributed by atoms with Crippen molar-refractivity contribution in [2.24, 2.45) is 5.73 Å². The van der Waals surface area contributed by atoms with Gasteiger partial charge in [-0.25, -0.2) is 0 Å². The highest BCUT2D eigenvalue weighted by Gasteiger charge is 2.40. The van der Waals surface area contributed by atoms with Gasteiger partial charge in [0.1, 0.15) is 0 Å². The molecule has 2 fully saturated rings. The molecule has 4 heteroatoms. The summed E-state index contributed by atoms with van der Waals surface area (Å²) in [5, 5.41) is 0. The highest BCUT2D eigenvalue weighted by atomic mass is 79.9. The zero-order valence-electron chi connectivity index (χ0n) is 6.91. The average Bonchev–Trinajstić information content (AvgIpc) is 2.12. The van der Waals surface area contributed by atoms with Gasteiger partial charge < -0.3 is 15.2 Å². The summed E-state index contributed by atoms with van der Waals surface area (Å²) in [6.07, 6.45) is 2.39. The van der Waals surface area contributed by atoms with Crippen molar-refractivity contribution in [1.29, 1.82) is 0 Å². The van der Waals surface area contributed by atoms with Gasteiger partial charge in [-0.15, -0.1) is 0 Å². The van der Waals surface area contributed by atoms with Crippen LogP contribution in [0, 0.1) is 0 Å². The summed E-state index contributed by atoms with van der Waals surface area (Å²) in [6, 6.07) is 0.157. The van der Waals surface area contributed by atoms with Crippen LogP contribution in [0.5, 0.6) is 0 Å². The Morgan fingerprint density at radius 3 is 2.42 bits per heavy atom. The third-order valence-corrected chi connectivity index (χ3v) is 3.56. The number of fused-ring (bicyclic) bond motifs is 1. The van der Waals surface area contributed by atoms with Crippen molar-refractivity contribution in [3.05, 3.63) is 0 Å². The lowest BCUT2D eigenvalue weighted by atomic mass is 9.90. The highest BCUT2D eigenvalue weighted by Crippen LogP contribution is 2.30. The fourth-order valence-electron chi connectivity index (χ4n) is 1.92. The summed E-state index contributed by atoms with van der Waals surface area (Å²) in [4.78, 5) is 0.419. The van der Waals surface area contributed by atoms with Crippen LogP contribution in [0.4, 0.5) is 0 Å². The third kappa shape index (κ3) is 1.53. The summed E-state index contributed by atoms with van der Waals surface area (Å²) in [7, 11) is 0. The molecule has 0 amide bonds. The minimum Gasteiger partial charge on any atom is -0.372 e. The molecule has 70 valence electrons. The second-order valence-corrected chi connectivity index (χ2v) is 4.60. The number of nitrogens with two attached hydrogens (primary N) is 1. The average molecular weight is 236 g/mol. The Kier molecular flexibility index (Phi) is 2.69. The molecule has 0 aromatic heterocycles. The quantitative estimate of drug-likeness (QED) is 0.628. The first-order chi connectivity index (χ1) is 5.79. The first-order valence-electron chi connectivity index (χ1n) is 4.42. The maximum atomic E-state index is 5.93. The zero-order chi connectivity index (χ0) is 8.55. The van der Waals surface area contributed by atoms with Crippen molar-refractivity contribution >= 4 is 15.9 Å². The van der Waals surface area contributed by atoms with Crippen LogP contribution in [0.1, 0.15) is 12.8 Å². The van der Waals surface area contributed by atoms with E-state index in [1.807, 2.05) is 0 Å². The molecule has 12 heavy (non-hydrogen) atoms. The van der Waals surface area contributed by atoms with E-state index in [4.69, 9.17) is 15.2 Å². The molecule has 0 radical (unpaired) electrons. The molecule has 2 aliphatic rings. The Morgan fingerprint density at radius 1 is 1.08 bits per heavy atom. The van der Waals surface area contributed by atoms with E-state index in [0.29, 0.717) is 18.0 Å². The highest BCUT2D eigenvalue weighted by molar-refractivity contribution is 9.09. The smallest absolute Gasteiger partial charge is 0.0999 e. The van der Waals surface area contributed by atoms with Crippen LogP contribution in [0.15, 0.2) is 0 Å². The Bertz CT molecular complexity index is 149. The lowest BCUT2D eigenvalue weighted by Crippen LogP contribution is -2.56. The van der Waals surface area contributed by atoms with Gasteiger partial charge in [0.05, 0.1) is 25.4 Å². The molecule has 2 N–H and O–H groups in total. The fourth-order valence-corrected chi connectivity index (χ4v) is 2.63. The first kappa shape index (κ1) is 8.94. The van der Waals surface area contributed by atoms with E-state index in [1.54, 1.807) is 0 Å². The van der Waals surface area contributed by atoms with E-state index in [9.17, 15) is 0 Å². The molecule has 3 nitrogen and oxygen atoms in total. The van der Waals surface area contributed by atoms with E-state index < -0.39 is 0 Å². The predicted molar refractivity (Wildman–Crippen MR) is 49.4 cm³/mol. The van der Waals surface area contributed by atoms with E-state index in [-0.39, 0.29) is 18.2 Å². The van der Waals surface area contributed by atoms with Gasteiger partial charge in [0.2, 0.25) is 0 Å². The molecule has 4 atom stereocenters.